The van der Waals surface area contributed by atoms with Crippen molar-refractivity contribution in [3.8, 4) is 0 Å². The van der Waals surface area contributed by atoms with Crippen LogP contribution in [0.2, 0.25) is 0 Å². The number of ether oxygens (including phenoxy) is 2. The second-order valence-corrected chi connectivity index (χ2v) is 4.90. The van der Waals surface area contributed by atoms with E-state index in [-0.39, 0.29) is 5.79 Å². The highest BCUT2D eigenvalue weighted by molar-refractivity contribution is 5.16. The van der Waals surface area contributed by atoms with Crippen molar-refractivity contribution in [2.45, 2.75) is 31.1 Å². The van der Waals surface area contributed by atoms with Crippen LogP contribution in [0, 0.1) is 0 Å². The molecule has 0 aromatic heterocycles. The molecule has 1 unspecified atom stereocenters. The molecular weight excluding hydrogens is 214 g/mol. The summed E-state index contributed by atoms with van der Waals surface area (Å²) in [6.45, 7) is 2.48. The number of hydrogen-bond acceptors (Lipinski definition) is 3. The molecule has 1 spiro atoms. The molecule has 2 aliphatic rings. The third-order valence-corrected chi connectivity index (χ3v) is 3.63. The minimum atomic E-state index is -0.287. The molecule has 3 nitrogen and oxygen atoms in total. The zero-order valence-electron chi connectivity index (χ0n) is 10.0. The second kappa shape index (κ2) is 4.77. The maximum Gasteiger partial charge on any atom is 0.171 e. The number of benzene rings is 1. The van der Waals surface area contributed by atoms with Gasteiger partial charge in [0, 0.05) is 25.4 Å². The van der Waals surface area contributed by atoms with Gasteiger partial charge >= 0.3 is 0 Å². The SMILES string of the molecule is c1ccc(CC2CC3(CCN2)OCCO3)cc1. The first-order valence-corrected chi connectivity index (χ1v) is 6.42. The summed E-state index contributed by atoms with van der Waals surface area (Å²) in [7, 11) is 0. The summed E-state index contributed by atoms with van der Waals surface area (Å²) in [6.07, 6.45) is 2.98. The van der Waals surface area contributed by atoms with Gasteiger partial charge in [-0.3, -0.25) is 0 Å². The van der Waals surface area contributed by atoms with E-state index in [9.17, 15) is 0 Å². The van der Waals surface area contributed by atoms with Crippen molar-refractivity contribution in [1.29, 1.82) is 0 Å². The van der Waals surface area contributed by atoms with E-state index in [1.165, 1.54) is 5.56 Å². The van der Waals surface area contributed by atoms with Crippen LogP contribution in [0.4, 0.5) is 0 Å². The Morgan fingerprint density at radius 1 is 1.18 bits per heavy atom. The Morgan fingerprint density at radius 3 is 2.71 bits per heavy atom. The van der Waals surface area contributed by atoms with Gasteiger partial charge in [0.2, 0.25) is 0 Å². The van der Waals surface area contributed by atoms with Gasteiger partial charge in [0.15, 0.2) is 5.79 Å². The molecule has 17 heavy (non-hydrogen) atoms. The first kappa shape index (κ1) is 11.2. The predicted octanol–water partition coefficient (Wildman–Crippen LogP) is 1.72. The third kappa shape index (κ3) is 2.51. The van der Waals surface area contributed by atoms with Gasteiger partial charge in [0.1, 0.15) is 0 Å². The monoisotopic (exact) mass is 233 g/mol. The summed E-state index contributed by atoms with van der Waals surface area (Å²) >= 11 is 0. The molecule has 1 atom stereocenters. The minimum absolute atomic E-state index is 0.287. The average molecular weight is 233 g/mol. The van der Waals surface area contributed by atoms with Crippen molar-refractivity contribution < 1.29 is 9.47 Å². The van der Waals surface area contributed by atoms with Gasteiger partial charge in [0.25, 0.3) is 0 Å². The lowest BCUT2D eigenvalue weighted by Crippen LogP contribution is -2.49. The predicted molar refractivity (Wildman–Crippen MR) is 65.8 cm³/mol. The second-order valence-electron chi connectivity index (χ2n) is 4.90. The zero-order valence-corrected chi connectivity index (χ0v) is 10.0. The molecule has 92 valence electrons. The molecule has 1 N–H and O–H groups in total. The Hall–Kier alpha value is -0.900. The van der Waals surface area contributed by atoms with Gasteiger partial charge in [-0.15, -0.1) is 0 Å². The molecule has 2 saturated heterocycles. The van der Waals surface area contributed by atoms with Crippen molar-refractivity contribution in [2.24, 2.45) is 0 Å². The summed E-state index contributed by atoms with van der Waals surface area (Å²) < 4.78 is 11.6. The molecule has 3 heteroatoms. The lowest BCUT2D eigenvalue weighted by atomic mass is 9.93. The Kier molecular flexibility index (Phi) is 3.14. The first-order valence-electron chi connectivity index (χ1n) is 6.42. The molecule has 0 amide bonds. The molecule has 3 rings (SSSR count). The summed E-state index contributed by atoms with van der Waals surface area (Å²) in [4.78, 5) is 0. The molecule has 0 bridgehead atoms. The molecule has 2 aliphatic heterocycles. The molecule has 0 radical (unpaired) electrons. The lowest BCUT2D eigenvalue weighted by molar-refractivity contribution is -0.179. The van der Waals surface area contributed by atoms with Gasteiger partial charge in [-0.1, -0.05) is 30.3 Å². The summed E-state index contributed by atoms with van der Waals surface area (Å²) in [5.41, 5.74) is 1.38. The molecule has 1 aromatic rings. The number of nitrogens with one attached hydrogen (secondary N) is 1. The van der Waals surface area contributed by atoms with Crippen LogP contribution in [-0.2, 0) is 15.9 Å². The van der Waals surface area contributed by atoms with E-state index in [1.54, 1.807) is 0 Å². The molecule has 1 aromatic carbocycles. The summed E-state index contributed by atoms with van der Waals surface area (Å²) in [5.74, 6) is -0.287. The van der Waals surface area contributed by atoms with E-state index >= 15 is 0 Å². The van der Waals surface area contributed by atoms with Crippen LogP contribution < -0.4 is 5.32 Å². The van der Waals surface area contributed by atoms with Crippen molar-refractivity contribution in [2.75, 3.05) is 19.8 Å². The standard InChI is InChI=1S/C14H19NO2/c1-2-4-12(5-3-1)10-13-11-14(6-7-15-13)16-8-9-17-14/h1-5,13,15H,6-11H2. The number of hydrogen-bond donors (Lipinski definition) is 1. The van der Waals surface area contributed by atoms with Crippen molar-refractivity contribution >= 4 is 0 Å². The van der Waals surface area contributed by atoms with Gasteiger partial charge in [-0.05, 0) is 12.0 Å². The fourth-order valence-corrected chi connectivity index (χ4v) is 2.82. The van der Waals surface area contributed by atoms with Crippen LogP contribution in [0.5, 0.6) is 0 Å². The van der Waals surface area contributed by atoms with E-state index < -0.39 is 0 Å². The van der Waals surface area contributed by atoms with Crippen molar-refractivity contribution in [3.05, 3.63) is 35.9 Å². The van der Waals surface area contributed by atoms with E-state index in [0.29, 0.717) is 6.04 Å². The normalized spacial score (nSPS) is 27.4. The van der Waals surface area contributed by atoms with Gasteiger partial charge in [-0.2, -0.15) is 0 Å². The van der Waals surface area contributed by atoms with Crippen LogP contribution in [0.15, 0.2) is 30.3 Å². The van der Waals surface area contributed by atoms with Crippen molar-refractivity contribution in [1.82, 2.24) is 5.32 Å². The van der Waals surface area contributed by atoms with Crippen LogP contribution >= 0.6 is 0 Å². The van der Waals surface area contributed by atoms with E-state index in [4.69, 9.17) is 9.47 Å². The highest BCUT2D eigenvalue weighted by atomic mass is 16.7. The molecular formula is C14H19NO2. The topological polar surface area (TPSA) is 30.5 Å². The average Bonchev–Trinajstić information content (AvgIpc) is 2.79. The molecule has 2 fully saturated rings. The van der Waals surface area contributed by atoms with E-state index in [1.807, 2.05) is 0 Å². The Balaban J connectivity index is 1.64. The minimum Gasteiger partial charge on any atom is -0.347 e. The zero-order chi connectivity index (χ0) is 11.6. The number of piperidine rings is 1. The Bertz CT molecular complexity index is 360. The molecule has 0 saturated carbocycles. The van der Waals surface area contributed by atoms with Crippen molar-refractivity contribution in [3.63, 3.8) is 0 Å². The molecule has 2 heterocycles. The lowest BCUT2D eigenvalue weighted by Gasteiger charge is -2.37. The highest BCUT2D eigenvalue weighted by Gasteiger charge is 2.41. The third-order valence-electron chi connectivity index (χ3n) is 3.63. The summed E-state index contributed by atoms with van der Waals surface area (Å²) in [5, 5.41) is 3.56. The maximum absolute atomic E-state index is 5.79. The van der Waals surface area contributed by atoms with Crippen LogP contribution in [-0.4, -0.2) is 31.6 Å². The fourth-order valence-electron chi connectivity index (χ4n) is 2.82. The first-order chi connectivity index (χ1) is 8.36. The largest absolute Gasteiger partial charge is 0.347 e. The Morgan fingerprint density at radius 2 is 1.94 bits per heavy atom. The smallest absolute Gasteiger partial charge is 0.171 e. The maximum atomic E-state index is 5.79. The van der Waals surface area contributed by atoms with Crippen LogP contribution in [0.1, 0.15) is 18.4 Å². The number of rotatable bonds is 2. The fraction of sp³-hybridized carbons (Fsp3) is 0.571. The van der Waals surface area contributed by atoms with E-state index in [0.717, 1.165) is 39.0 Å². The van der Waals surface area contributed by atoms with Crippen LogP contribution in [0.3, 0.4) is 0 Å². The molecule has 0 aliphatic carbocycles. The van der Waals surface area contributed by atoms with Gasteiger partial charge in [-0.25, -0.2) is 0 Å². The summed E-state index contributed by atoms with van der Waals surface area (Å²) in [6, 6.07) is 11.1. The Labute approximate surface area is 102 Å². The van der Waals surface area contributed by atoms with Crippen LogP contribution in [0.25, 0.3) is 0 Å². The highest BCUT2D eigenvalue weighted by Crippen LogP contribution is 2.31. The van der Waals surface area contributed by atoms with Gasteiger partial charge in [0.05, 0.1) is 13.2 Å². The quantitative estimate of drug-likeness (QED) is 0.843. The van der Waals surface area contributed by atoms with E-state index in [2.05, 4.69) is 35.6 Å². The van der Waals surface area contributed by atoms with Gasteiger partial charge < -0.3 is 14.8 Å².